The number of H-pyrrole nitrogens is 1. The molecule has 3 N–H and O–H groups in total. The van der Waals surface area contributed by atoms with E-state index in [4.69, 9.17) is 5.73 Å². The third kappa shape index (κ3) is 1.23. The zero-order valence-electron chi connectivity index (χ0n) is 7.11. The van der Waals surface area contributed by atoms with E-state index < -0.39 is 12.5 Å². The molecule has 0 unspecified atom stereocenters. The van der Waals surface area contributed by atoms with E-state index in [1.165, 1.54) is 0 Å². The lowest BCUT2D eigenvalue weighted by Crippen LogP contribution is -2.26. The first-order valence-corrected chi connectivity index (χ1v) is 4.29. The van der Waals surface area contributed by atoms with Crippen molar-refractivity contribution >= 4 is 0 Å². The topological polar surface area (TPSA) is 54.7 Å². The number of nitrogens with one attached hydrogen (secondary N) is 1. The van der Waals surface area contributed by atoms with Crippen molar-refractivity contribution in [3.63, 3.8) is 0 Å². The number of rotatable bonds is 2. The Labute approximate surface area is 74.3 Å². The minimum absolute atomic E-state index is 0.150. The summed E-state index contributed by atoms with van der Waals surface area (Å²) in [7, 11) is 0. The van der Waals surface area contributed by atoms with Gasteiger partial charge in [0, 0.05) is 11.3 Å². The predicted molar refractivity (Wildman–Crippen MR) is 43.6 cm³/mol. The van der Waals surface area contributed by atoms with Crippen molar-refractivity contribution < 1.29 is 8.78 Å². The van der Waals surface area contributed by atoms with Crippen LogP contribution in [0.5, 0.6) is 0 Å². The van der Waals surface area contributed by atoms with Gasteiger partial charge in [0.1, 0.15) is 5.69 Å². The molecule has 0 atom stereocenters. The fraction of sp³-hybridized carbons (Fsp3) is 0.625. The second-order valence-corrected chi connectivity index (χ2v) is 3.29. The maximum absolute atomic E-state index is 13.2. The van der Waals surface area contributed by atoms with E-state index in [0.29, 0.717) is 12.0 Å². The van der Waals surface area contributed by atoms with Crippen LogP contribution in [-0.4, -0.2) is 16.7 Å². The first-order valence-electron chi connectivity index (χ1n) is 4.29. The van der Waals surface area contributed by atoms with Gasteiger partial charge in [-0.3, -0.25) is 5.10 Å². The zero-order valence-corrected chi connectivity index (χ0v) is 7.11. The van der Waals surface area contributed by atoms with Gasteiger partial charge in [-0.2, -0.15) is 13.9 Å². The van der Waals surface area contributed by atoms with Gasteiger partial charge >= 0.3 is 5.92 Å². The second-order valence-electron chi connectivity index (χ2n) is 3.29. The lowest BCUT2D eigenvalue weighted by atomic mass is 10.1. The Morgan fingerprint density at radius 3 is 2.92 bits per heavy atom. The molecular formula is C8H11F2N3. The molecule has 0 bridgehead atoms. The van der Waals surface area contributed by atoms with Gasteiger partial charge in [-0.15, -0.1) is 0 Å². The Balaban J connectivity index is 2.41. The largest absolute Gasteiger partial charge is 0.325 e. The van der Waals surface area contributed by atoms with Crippen LogP contribution >= 0.6 is 0 Å². The number of fused-ring (bicyclic) bond motifs is 1. The van der Waals surface area contributed by atoms with E-state index in [-0.39, 0.29) is 5.69 Å². The molecule has 0 saturated heterocycles. The third-order valence-corrected chi connectivity index (χ3v) is 2.41. The maximum Gasteiger partial charge on any atom is 0.303 e. The molecule has 0 fully saturated rings. The van der Waals surface area contributed by atoms with Crippen molar-refractivity contribution in [2.75, 3.05) is 6.54 Å². The molecule has 0 spiro atoms. The Morgan fingerprint density at radius 2 is 2.23 bits per heavy atom. The molecular weight excluding hydrogens is 176 g/mol. The number of hydrogen-bond donors (Lipinski definition) is 2. The van der Waals surface area contributed by atoms with Crippen molar-refractivity contribution in [3.05, 3.63) is 17.0 Å². The van der Waals surface area contributed by atoms with Gasteiger partial charge in [0.2, 0.25) is 0 Å². The average molecular weight is 187 g/mol. The van der Waals surface area contributed by atoms with Crippen LogP contribution < -0.4 is 5.73 Å². The summed E-state index contributed by atoms with van der Waals surface area (Å²) in [5, 5.41) is 6.27. The van der Waals surface area contributed by atoms with Crippen LogP contribution in [0.2, 0.25) is 0 Å². The predicted octanol–water partition coefficient (Wildman–Crippen LogP) is 0.949. The maximum atomic E-state index is 13.2. The van der Waals surface area contributed by atoms with Crippen LogP contribution in [0, 0.1) is 0 Å². The normalized spacial score (nSPS) is 16.2. The Hall–Kier alpha value is -0.970. The molecule has 1 aliphatic rings. The lowest BCUT2D eigenvalue weighted by Gasteiger charge is -2.11. The molecule has 0 radical (unpaired) electrons. The SMILES string of the molecule is NCC(F)(F)c1n[nH]c2c1CCC2. The second kappa shape index (κ2) is 2.77. The summed E-state index contributed by atoms with van der Waals surface area (Å²) < 4.78 is 26.3. The van der Waals surface area contributed by atoms with Crippen LogP contribution in [0.1, 0.15) is 23.4 Å². The molecule has 0 aliphatic heterocycles. The van der Waals surface area contributed by atoms with Crippen LogP contribution in [0.4, 0.5) is 8.78 Å². The van der Waals surface area contributed by atoms with Gasteiger partial charge in [0.05, 0.1) is 6.54 Å². The van der Waals surface area contributed by atoms with Crippen LogP contribution in [0.3, 0.4) is 0 Å². The first kappa shape index (κ1) is 8.62. The summed E-state index contributed by atoms with van der Waals surface area (Å²) in [5.74, 6) is -2.98. The third-order valence-electron chi connectivity index (χ3n) is 2.41. The van der Waals surface area contributed by atoms with Crippen molar-refractivity contribution in [1.29, 1.82) is 0 Å². The molecule has 1 aromatic heterocycles. The molecule has 1 aromatic rings. The van der Waals surface area contributed by atoms with Gasteiger partial charge in [0.15, 0.2) is 0 Å². The average Bonchev–Trinajstić information content (AvgIpc) is 2.62. The number of alkyl halides is 2. The highest BCUT2D eigenvalue weighted by Gasteiger charge is 2.37. The molecule has 0 aromatic carbocycles. The number of halogens is 2. The lowest BCUT2D eigenvalue weighted by molar-refractivity contribution is 0.000508. The molecule has 13 heavy (non-hydrogen) atoms. The number of hydrogen-bond acceptors (Lipinski definition) is 2. The smallest absolute Gasteiger partial charge is 0.303 e. The summed E-state index contributed by atoms with van der Waals surface area (Å²) in [4.78, 5) is 0. The van der Waals surface area contributed by atoms with Gasteiger partial charge in [-0.05, 0) is 19.3 Å². The quantitative estimate of drug-likeness (QED) is 0.724. The summed E-state index contributed by atoms with van der Waals surface area (Å²) in [6.07, 6.45) is 2.44. The summed E-state index contributed by atoms with van der Waals surface area (Å²) in [6, 6.07) is 0. The highest BCUT2D eigenvalue weighted by Crippen LogP contribution is 2.33. The van der Waals surface area contributed by atoms with Crippen LogP contribution in [0.25, 0.3) is 0 Å². The van der Waals surface area contributed by atoms with Gasteiger partial charge in [-0.25, -0.2) is 0 Å². The number of aromatic nitrogens is 2. The fourth-order valence-corrected chi connectivity index (χ4v) is 1.72. The van der Waals surface area contributed by atoms with Crippen LogP contribution in [-0.2, 0) is 18.8 Å². The summed E-state index contributed by atoms with van der Waals surface area (Å²) in [5.41, 5.74) is 6.36. The van der Waals surface area contributed by atoms with E-state index in [9.17, 15) is 8.78 Å². The van der Waals surface area contributed by atoms with E-state index in [0.717, 1.165) is 18.5 Å². The number of nitrogens with two attached hydrogens (primary N) is 1. The number of aromatic amines is 1. The summed E-state index contributed by atoms with van der Waals surface area (Å²) >= 11 is 0. The standard InChI is InChI=1S/C8H11F2N3/c9-8(10,4-11)7-5-2-1-3-6(5)12-13-7/h1-4,11H2,(H,12,13). The number of aryl methyl sites for hydroxylation is 1. The highest BCUT2D eigenvalue weighted by atomic mass is 19.3. The molecule has 0 amide bonds. The van der Waals surface area contributed by atoms with Crippen molar-refractivity contribution in [3.8, 4) is 0 Å². The van der Waals surface area contributed by atoms with E-state index in [2.05, 4.69) is 10.2 Å². The Morgan fingerprint density at radius 1 is 1.46 bits per heavy atom. The monoisotopic (exact) mass is 187 g/mol. The molecule has 5 heteroatoms. The first-order chi connectivity index (χ1) is 6.15. The van der Waals surface area contributed by atoms with E-state index in [1.54, 1.807) is 0 Å². The van der Waals surface area contributed by atoms with Crippen molar-refractivity contribution in [2.24, 2.45) is 5.73 Å². The molecule has 2 rings (SSSR count). The van der Waals surface area contributed by atoms with E-state index >= 15 is 0 Å². The van der Waals surface area contributed by atoms with E-state index in [1.807, 2.05) is 0 Å². The molecule has 1 heterocycles. The van der Waals surface area contributed by atoms with Crippen molar-refractivity contribution in [2.45, 2.75) is 25.2 Å². The fourth-order valence-electron chi connectivity index (χ4n) is 1.72. The Kier molecular flexibility index (Phi) is 1.83. The van der Waals surface area contributed by atoms with Gasteiger partial charge < -0.3 is 5.73 Å². The van der Waals surface area contributed by atoms with Gasteiger partial charge in [0.25, 0.3) is 0 Å². The molecule has 72 valence electrons. The Bertz CT molecular complexity index is 319. The number of nitrogens with zero attached hydrogens (tertiary/aromatic N) is 1. The minimum atomic E-state index is -2.98. The van der Waals surface area contributed by atoms with Crippen molar-refractivity contribution in [1.82, 2.24) is 10.2 Å². The van der Waals surface area contributed by atoms with Gasteiger partial charge in [-0.1, -0.05) is 0 Å². The minimum Gasteiger partial charge on any atom is -0.325 e. The summed E-state index contributed by atoms with van der Waals surface area (Å²) in [6.45, 7) is -0.676. The zero-order chi connectivity index (χ0) is 9.47. The molecule has 0 saturated carbocycles. The molecule has 1 aliphatic carbocycles. The van der Waals surface area contributed by atoms with Crippen LogP contribution in [0.15, 0.2) is 0 Å². The molecule has 3 nitrogen and oxygen atoms in total. The highest BCUT2D eigenvalue weighted by molar-refractivity contribution is 5.32.